The van der Waals surface area contributed by atoms with Crippen molar-refractivity contribution in [2.75, 3.05) is 23.5 Å². The second-order valence-corrected chi connectivity index (χ2v) is 7.86. The molecular formula is C18H16FN3O3S2. The molecule has 1 unspecified atom stereocenters. The quantitative estimate of drug-likeness (QED) is 0.679. The van der Waals surface area contributed by atoms with Crippen LogP contribution >= 0.6 is 11.3 Å². The van der Waals surface area contributed by atoms with E-state index in [9.17, 15) is 13.4 Å². The average Bonchev–Trinajstić information content (AvgIpc) is 3.08. The van der Waals surface area contributed by atoms with Gasteiger partial charge in [-0.15, -0.1) is 0 Å². The van der Waals surface area contributed by atoms with Gasteiger partial charge < -0.3 is 4.74 Å². The molecule has 0 aliphatic rings. The molecule has 1 N–H and O–H groups in total. The molecule has 2 aromatic carbocycles. The Balaban J connectivity index is 1.66. The summed E-state index contributed by atoms with van der Waals surface area (Å²) in [6, 6.07) is 12.3. The number of hydrogen-bond donors (Lipinski definition) is 1. The summed E-state index contributed by atoms with van der Waals surface area (Å²) in [7, 11) is 0.465. The van der Waals surface area contributed by atoms with E-state index in [0.29, 0.717) is 26.5 Å². The van der Waals surface area contributed by atoms with Crippen molar-refractivity contribution in [3.05, 3.63) is 60.5 Å². The molecule has 0 aliphatic carbocycles. The van der Waals surface area contributed by atoms with Crippen LogP contribution in [0.25, 0.3) is 0 Å². The highest BCUT2D eigenvalue weighted by Gasteiger charge is 2.14. The number of hydrogen-bond acceptors (Lipinski definition) is 5. The smallest absolute Gasteiger partial charge is 0.327 e. The van der Waals surface area contributed by atoms with Crippen LogP contribution in [0.2, 0.25) is 0 Å². The van der Waals surface area contributed by atoms with Crippen LogP contribution in [0, 0.1) is 5.82 Å². The van der Waals surface area contributed by atoms with E-state index in [4.69, 9.17) is 4.74 Å². The minimum atomic E-state index is -1.14. The highest BCUT2D eigenvalue weighted by Crippen LogP contribution is 2.30. The summed E-state index contributed by atoms with van der Waals surface area (Å²) in [6.45, 7) is 0. The highest BCUT2D eigenvalue weighted by atomic mass is 32.2. The van der Waals surface area contributed by atoms with Crippen molar-refractivity contribution in [1.82, 2.24) is 4.98 Å². The molecule has 6 nitrogen and oxygen atoms in total. The highest BCUT2D eigenvalue weighted by molar-refractivity contribution is 7.84. The standard InChI is InChI=1S/C18H16FN3O3S2/c1-22(13-6-4-8-15(10-13)27(2)24)18(23)21-17-20-11-16(26-17)25-14-7-3-5-12(19)9-14/h3-11H,1-2H3,(H,20,21,23). The Morgan fingerprint density at radius 1 is 1.26 bits per heavy atom. The number of rotatable bonds is 5. The largest absolute Gasteiger partial charge is 0.445 e. The second-order valence-electron chi connectivity index (χ2n) is 5.48. The van der Waals surface area contributed by atoms with Crippen molar-refractivity contribution in [2.24, 2.45) is 0 Å². The first-order valence-electron chi connectivity index (χ1n) is 7.80. The molecule has 0 spiro atoms. The van der Waals surface area contributed by atoms with Crippen LogP contribution in [0.5, 0.6) is 10.8 Å². The summed E-state index contributed by atoms with van der Waals surface area (Å²) in [4.78, 5) is 18.5. The lowest BCUT2D eigenvalue weighted by Crippen LogP contribution is -2.31. The summed E-state index contributed by atoms with van der Waals surface area (Å²) in [5.41, 5.74) is 0.605. The number of anilines is 2. The molecule has 2 amide bonds. The maximum atomic E-state index is 13.2. The van der Waals surface area contributed by atoms with Crippen molar-refractivity contribution in [1.29, 1.82) is 0 Å². The fourth-order valence-corrected chi connectivity index (χ4v) is 3.41. The summed E-state index contributed by atoms with van der Waals surface area (Å²) in [5, 5.41) is 3.43. The van der Waals surface area contributed by atoms with E-state index < -0.39 is 22.6 Å². The lowest BCUT2D eigenvalue weighted by atomic mass is 10.3. The molecular weight excluding hydrogens is 389 g/mol. The number of thiazole rings is 1. The third-order valence-corrected chi connectivity index (χ3v) is 5.26. The van der Waals surface area contributed by atoms with E-state index in [1.807, 2.05) is 0 Å². The van der Waals surface area contributed by atoms with Crippen LogP contribution < -0.4 is 15.0 Å². The lowest BCUT2D eigenvalue weighted by Gasteiger charge is -2.17. The third kappa shape index (κ3) is 4.89. The first-order valence-corrected chi connectivity index (χ1v) is 10.2. The average molecular weight is 405 g/mol. The van der Waals surface area contributed by atoms with Gasteiger partial charge in [0.2, 0.25) is 5.06 Å². The molecule has 1 heterocycles. The first kappa shape index (κ1) is 19.0. The number of halogens is 1. The SMILES string of the molecule is CN(C(=O)Nc1ncc(Oc2cccc(F)c2)s1)c1cccc(S(C)=O)c1. The van der Waals surface area contributed by atoms with Gasteiger partial charge in [-0.05, 0) is 30.3 Å². The van der Waals surface area contributed by atoms with Gasteiger partial charge >= 0.3 is 6.03 Å². The maximum Gasteiger partial charge on any atom is 0.327 e. The minimum absolute atomic E-state index is 0.341. The molecule has 0 aliphatic heterocycles. The number of nitrogens with zero attached hydrogens (tertiary/aromatic N) is 2. The molecule has 3 aromatic rings. The zero-order valence-electron chi connectivity index (χ0n) is 14.5. The lowest BCUT2D eigenvalue weighted by molar-refractivity contribution is 0.258. The van der Waals surface area contributed by atoms with Crippen LogP contribution in [0.1, 0.15) is 0 Å². The Hall–Kier alpha value is -2.78. The third-order valence-electron chi connectivity index (χ3n) is 3.55. The Bertz CT molecular complexity index is 993. The normalized spacial score (nSPS) is 11.7. The Labute approximate surface area is 162 Å². The monoisotopic (exact) mass is 405 g/mol. The Morgan fingerprint density at radius 2 is 2.04 bits per heavy atom. The van der Waals surface area contributed by atoms with E-state index in [-0.39, 0.29) is 0 Å². The number of urea groups is 1. The van der Waals surface area contributed by atoms with Gasteiger partial charge in [0.1, 0.15) is 11.6 Å². The molecule has 0 saturated carbocycles. The van der Waals surface area contributed by atoms with Crippen LogP contribution in [-0.2, 0) is 10.8 Å². The molecule has 0 radical (unpaired) electrons. The minimum Gasteiger partial charge on any atom is -0.445 e. The van der Waals surface area contributed by atoms with Crippen molar-refractivity contribution in [3.63, 3.8) is 0 Å². The molecule has 3 rings (SSSR count). The van der Waals surface area contributed by atoms with Crippen LogP contribution in [0.15, 0.2) is 59.6 Å². The summed E-state index contributed by atoms with van der Waals surface area (Å²) < 4.78 is 30.3. The van der Waals surface area contributed by atoms with Crippen LogP contribution in [-0.4, -0.2) is 28.5 Å². The molecule has 27 heavy (non-hydrogen) atoms. The summed E-state index contributed by atoms with van der Waals surface area (Å²) >= 11 is 1.12. The maximum absolute atomic E-state index is 13.2. The Kier molecular flexibility index (Phi) is 5.82. The zero-order chi connectivity index (χ0) is 19.4. The van der Waals surface area contributed by atoms with Gasteiger partial charge in [0, 0.05) is 40.8 Å². The molecule has 1 atom stereocenters. The molecule has 0 saturated heterocycles. The fraction of sp³-hybridized carbons (Fsp3) is 0.111. The van der Waals surface area contributed by atoms with Gasteiger partial charge in [0.05, 0.1) is 6.20 Å². The molecule has 0 bridgehead atoms. The molecule has 9 heteroatoms. The molecule has 1 aromatic heterocycles. The number of ether oxygens (including phenoxy) is 1. The van der Waals surface area contributed by atoms with Crippen LogP contribution in [0.4, 0.5) is 20.0 Å². The van der Waals surface area contributed by atoms with Gasteiger partial charge in [0.25, 0.3) is 0 Å². The number of carbonyl (C=O) groups excluding carboxylic acids is 1. The molecule has 140 valence electrons. The van der Waals surface area contributed by atoms with Gasteiger partial charge in [0.15, 0.2) is 5.13 Å². The second kappa shape index (κ2) is 8.28. The van der Waals surface area contributed by atoms with E-state index >= 15 is 0 Å². The van der Waals surface area contributed by atoms with E-state index in [0.717, 1.165) is 11.3 Å². The van der Waals surface area contributed by atoms with Crippen molar-refractivity contribution in [3.8, 4) is 10.8 Å². The topological polar surface area (TPSA) is 71.5 Å². The van der Waals surface area contributed by atoms with E-state index in [2.05, 4.69) is 10.3 Å². The zero-order valence-corrected chi connectivity index (χ0v) is 16.1. The predicted molar refractivity (Wildman–Crippen MR) is 105 cm³/mol. The van der Waals surface area contributed by atoms with Gasteiger partial charge in [-0.3, -0.25) is 14.4 Å². The number of amides is 2. The van der Waals surface area contributed by atoms with E-state index in [1.54, 1.807) is 49.7 Å². The van der Waals surface area contributed by atoms with Crippen molar-refractivity contribution in [2.45, 2.75) is 4.90 Å². The number of carbonyl (C=O) groups is 1. The number of aromatic nitrogens is 1. The van der Waals surface area contributed by atoms with Crippen LogP contribution in [0.3, 0.4) is 0 Å². The fourth-order valence-electron chi connectivity index (χ4n) is 2.17. The Morgan fingerprint density at radius 3 is 2.78 bits per heavy atom. The summed E-state index contributed by atoms with van der Waals surface area (Å²) in [5.74, 6) is -0.0552. The van der Waals surface area contributed by atoms with Gasteiger partial charge in [-0.2, -0.15) is 0 Å². The predicted octanol–water partition coefficient (Wildman–Crippen LogP) is 4.48. The summed E-state index contributed by atoms with van der Waals surface area (Å²) in [6.07, 6.45) is 3.03. The van der Waals surface area contributed by atoms with Crippen molar-refractivity contribution < 1.29 is 18.1 Å². The number of nitrogens with one attached hydrogen (secondary N) is 1. The van der Waals surface area contributed by atoms with Crippen molar-refractivity contribution >= 4 is 39.0 Å². The van der Waals surface area contributed by atoms with Gasteiger partial charge in [-0.25, -0.2) is 14.2 Å². The number of benzene rings is 2. The van der Waals surface area contributed by atoms with E-state index in [1.165, 1.54) is 23.2 Å². The first-order chi connectivity index (χ1) is 12.9. The van der Waals surface area contributed by atoms with Gasteiger partial charge in [-0.1, -0.05) is 23.5 Å². The molecule has 0 fully saturated rings.